The molecule has 1 fully saturated rings. The molecule has 1 aliphatic carbocycles. The van der Waals surface area contributed by atoms with Gasteiger partial charge in [-0.2, -0.15) is 0 Å². The van der Waals surface area contributed by atoms with Crippen LogP contribution in [0.15, 0.2) is 22.7 Å². The monoisotopic (exact) mass is 641 g/mol. The number of rotatable bonds is 8. The Morgan fingerprint density at radius 1 is 1.09 bits per heavy atom. The third kappa shape index (κ3) is 9.92. The SMILES string of the molecule is Cc1noc(C)c1NC(=O)Nc1ccc2c(c1)C(=O)N([C@@H](C)CO)C[C@@H](C)[C@@H](CN(C)CC1CCCCC1)OCCCC[C@H](C)O2. The Morgan fingerprint density at radius 3 is 2.52 bits per heavy atom. The van der Waals surface area contributed by atoms with Gasteiger partial charge in [-0.05, 0) is 91.0 Å². The van der Waals surface area contributed by atoms with E-state index in [2.05, 4.69) is 34.7 Å². The van der Waals surface area contributed by atoms with Crippen molar-refractivity contribution in [2.24, 2.45) is 11.8 Å². The third-order valence-electron chi connectivity index (χ3n) is 9.37. The second kappa shape index (κ2) is 17.1. The molecule has 4 atom stereocenters. The maximum absolute atomic E-state index is 14.4. The lowest BCUT2D eigenvalue weighted by molar-refractivity contribution is -0.0190. The van der Waals surface area contributed by atoms with Gasteiger partial charge < -0.3 is 39.5 Å². The van der Waals surface area contributed by atoms with Crippen molar-refractivity contribution in [1.29, 1.82) is 0 Å². The van der Waals surface area contributed by atoms with Gasteiger partial charge in [0, 0.05) is 37.8 Å². The fourth-order valence-electron chi connectivity index (χ4n) is 6.59. The number of aliphatic hydroxyl groups is 1. The molecule has 0 spiro atoms. The molecule has 3 N–H and O–H groups in total. The summed E-state index contributed by atoms with van der Waals surface area (Å²) in [5, 5.41) is 19.7. The maximum Gasteiger partial charge on any atom is 0.323 e. The molecule has 1 aromatic heterocycles. The van der Waals surface area contributed by atoms with Gasteiger partial charge in [-0.3, -0.25) is 4.79 Å². The number of hydrogen-bond acceptors (Lipinski definition) is 8. The first-order chi connectivity index (χ1) is 22.0. The minimum Gasteiger partial charge on any atom is -0.490 e. The van der Waals surface area contributed by atoms with E-state index in [0.717, 1.165) is 38.3 Å². The Kier molecular flexibility index (Phi) is 13.3. The number of aromatic nitrogens is 1. The van der Waals surface area contributed by atoms with Crippen LogP contribution in [0.2, 0.25) is 0 Å². The van der Waals surface area contributed by atoms with Crippen LogP contribution in [-0.4, -0.2) is 90.1 Å². The number of fused-ring (bicyclic) bond motifs is 1. The van der Waals surface area contributed by atoms with E-state index in [0.29, 0.717) is 47.3 Å². The lowest BCUT2D eigenvalue weighted by atomic mass is 9.89. The lowest BCUT2D eigenvalue weighted by Gasteiger charge is -2.36. The van der Waals surface area contributed by atoms with Crippen LogP contribution in [0.5, 0.6) is 5.75 Å². The Hall–Kier alpha value is -3.15. The highest BCUT2D eigenvalue weighted by Gasteiger charge is 2.31. The minimum atomic E-state index is -0.483. The molecule has 0 bridgehead atoms. The quantitative estimate of drug-likeness (QED) is 0.309. The number of amides is 3. The Bertz CT molecular complexity index is 1260. The molecule has 256 valence electrons. The van der Waals surface area contributed by atoms with Gasteiger partial charge in [0.25, 0.3) is 5.91 Å². The second-order valence-corrected chi connectivity index (χ2v) is 13.5. The summed E-state index contributed by atoms with van der Waals surface area (Å²) in [4.78, 5) is 31.4. The summed E-state index contributed by atoms with van der Waals surface area (Å²) < 4.78 is 18.0. The zero-order chi connectivity index (χ0) is 33.2. The van der Waals surface area contributed by atoms with E-state index in [1.54, 1.807) is 36.9 Å². The Morgan fingerprint density at radius 2 is 1.83 bits per heavy atom. The van der Waals surface area contributed by atoms with Crippen LogP contribution in [0.4, 0.5) is 16.2 Å². The highest BCUT2D eigenvalue weighted by atomic mass is 16.5. The molecule has 1 saturated carbocycles. The van der Waals surface area contributed by atoms with Gasteiger partial charge in [-0.25, -0.2) is 4.79 Å². The number of urea groups is 1. The fourth-order valence-corrected chi connectivity index (χ4v) is 6.59. The van der Waals surface area contributed by atoms with Crippen molar-refractivity contribution in [3.8, 4) is 5.75 Å². The molecular formula is C35H55N5O6. The summed E-state index contributed by atoms with van der Waals surface area (Å²) in [6.45, 7) is 12.2. The summed E-state index contributed by atoms with van der Waals surface area (Å²) in [6.07, 6.45) is 9.05. The summed E-state index contributed by atoms with van der Waals surface area (Å²) >= 11 is 0. The zero-order valence-corrected chi connectivity index (χ0v) is 28.6. The molecule has 11 nitrogen and oxygen atoms in total. The number of aliphatic hydroxyl groups excluding tert-OH is 1. The zero-order valence-electron chi connectivity index (χ0n) is 28.6. The maximum atomic E-state index is 14.4. The third-order valence-corrected chi connectivity index (χ3v) is 9.37. The minimum absolute atomic E-state index is 0.0140. The first-order valence-electron chi connectivity index (χ1n) is 17.1. The fraction of sp³-hybridized carbons (Fsp3) is 0.686. The molecule has 3 amide bonds. The van der Waals surface area contributed by atoms with Crippen LogP contribution < -0.4 is 15.4 Å². The molecule has 2 aromatic rings. The highest BCUT2D eigenvalue weighted by molar-refractivity contribution is 6.03. The average Bonchev–Trinajstić information content (AvgIpc) is 3.34. The van der Waals surface area contributed by atoms with E-state index in [-0.39, 0.29) is 30.6 Å². The average molecular weight is 642 g/mol. The van der Waals surface area contributed by atoms with Crippen LogP contribution in [0, 0.1) is 25.7 Å². The van der Waals surface area contributed by atoms with Crippen LogP contribution >= 0.6 is 0 Å². The molecule has 1 aliphatic heterocycles. The van der Waals surface area contributed by atoms with Gasteiger partial charge in [0.15, 0.2) is 5.76 Å². The van der Waals surface area contributed by atoms with E-state index in [9.17, 15) is 14.7 Å². The highest BCUT2D eigenvalue weighted by Crippen LogP contribution is 2.29. The van der Waals surface area contributed by atoms with Crippen molar-refractivity contribution in [1.82, 2.24) is 15.0 Å². The van der Waals surface area contributed by atoms with Crippen molar-refractivity contribution >= 4 is 23.3 Å². The number of nitrogens with zero attached hydrogens (tertiary/aromatic N) is 3. The number of likely N-dealkylation sites (N-methyl/N-ethyl adjacent to an activating group) is 1. The van der Waals surface area contributed by atoms with Gasteiger partial charge in [0.1, 0.15) is 17.1 Å². The van der Waals surface area contributed by atoms with Crippen molar-refractivity contribution < 1.29 is 28.7 Å². The number of anilines is 2. The van der Waals surface area contributed by atoms with Gasteiger partial charge in [-0.15, -0.1) is 0 Å². The molecule has 4 rings (SSSR count). The van der Waals surface area contributed by atoms with E-state index in [1.165, 1.54) is 32.1 Å². The second-order valence-electron chi connectivity index (χ2n) is 13.5. The van der Waals surface area contributed by atoms with E-state index >= 15 is 0 Å². The summed E-state index contributed by atoms with van der Waals surface area (Å²) in [5.74, 6) is 1.43. The normalized spacial score (nSPS) is 22.9. The molecule has 1 aromatic carbocycles. The van der Waals surface area contributed by atoms with Crippen LogP contribution in [0.3, 0.4) is 0 Å². The van der Waals surface area contributed by atoms with Crippen molar-refractivity contribution in [3.63, 3.8) is 0 Å². The first-order valence-corrected chi connectivity index (χ1v) is 17.1. The van der Waals surface area contributed by atoms with Gasteiger partial charge >= 0.3 is 6.03 Å². The van der Waals surface area contributed by atoms with E-state index in [4.69, 9.17) is 14.0 Å². The number of carbonyl (C=O) groups excluding carboxylic acids is 2. The van der Waals surface area contributed by atoms with Crippen molar-refractivity contribution in [3.05, 3.63) is 35.2 Å². The van der Waals surface area contributed by atoms with Crippen molar-refractivity contribution in [2.45, 2.75) is 104 Å². The molecule has 2 aliphatic rings. The molecule has 2 heterocycles. The molecule has 11 heteroatoms. The smallest absolute Gasteiger partial charge is 0.323 e. The predicted molar refractivity (Wildman–Crippen MR) is 180 cm³/mol. The van der Waals surface area contributed by atoms with E-state index < -0.39 is 12.1 Å². The first kappa shape index (κ1) is 35.7. The predicted octanol–water partition coefficient (Wildman–Crippen LogP) is 6.24. The number of aryl methyl sites for hydroxylation is 2. The number of carbonyl (C=O) groups is 2. The number of benzene rings is 1. The summed E-state index contributed by atoms with van der Waals surface area (Å²) in [6, 6.07) is 4.19. The topological polar surface area (TPSA) is 129 Å². The molecule has 46 heavy (non-hydrogen) atoms. The van der Waals surface area contributed by atoms with Crippen LogP contribution in [-0.2, 0) is 4.74 Å². The Balaban J connectivity index is 1.57. The van der Waals surface area contributed by atoms with Gasteiger partial charge in [-0.1, -0.05) is 31.3 Å². The molecule has 0 radical (unpaired) electrons. The molecular weight excluding hydrogens is 586 g/mol. The lowest BCUT2D eigenvalue weighted by Crippen LogP contribution is -2.47. The van der Waals surface area contributed by atoms with Crippen LogP contribution in [0.25, 0.3) is 0 Å². The molecule has 0 unspecified atom stereocenters. The number of ether oxygens (including phenoxy) is 2. The summed E-state index contributed by atoms with van der Waals surface area (Å²) in [7, 11) is 2.18. The standard InChI is InChI=1S/C35H55N5O6/c1-23-19-40(24(2)22-41)34(42)30-18-29(36-35(43)37-33-26(4)38-46-27(33)5)15-16-31(30)45-25(3)12-10-11-17-44-32(23)21-39(6)20-28-13-8-7-9-14-28/h15-16,18,23-25,28,32,41H,7-14,17,19-22H2,1-6H3,(H2,36,37,43)/t23-,24+,25+,32-/m1/s1. The number of nitrogens with one attached hydrogen (secondary N) is 2. The molecule has 0 saturated heterocycles. The van der Waals surface area contributed by atoms with Gasteiger partial charge in [0.2, 0.25) is 0 Å². The van der Waals surface area contributed by atoms with E-state index in [1.807, 2.05) is 13.8 Å². The van der Waals surface area contributed by atoms with Crippen LogP contribution in [0.1, 0.15) is 93.9 Å². The van der Waals surface area contributed by atoms with Gasteiger partial charge in [0.05, 0.1) is 30.4 Å². The Labute approximate surface area is 274 Å². The summed E-state index contributed by atoms with van der Waals surface area (Å²) in [5.41, 5.74) is 1.84. The number of hydrogen-bond donors (Lipinski definition) is 3. The largest absolute Gasteiger partial charge is 0.490 e. The van der Waals surface area contributed by atoms with Crippen molar-refractivity contribution in [2.75, 3.05) is 50.5 Å².